The first kappa shape index (κ1) is 18.2. The zero-order valence-electron chi connectivity index (χ0n) is 11.2. The van der Waals surface area contributed by atoms with Crippen LogP contribution < -0.4 is 11.1 Å². The minimum atomic E-state index is -1.55. The second kappa shape index (κ2) is 7.59. The van der Waals surface area contributed by atoms with Gasteiger partial charge in [-0.25, -0.2) is 4.79 Å². The van der Waals surface area contributed by atoms with E-state index >= 15 is 0 Å². The Bertz CT molecular complexity index is 726. The molecule has 1 aromatic heterocycles. The number of nitrogens with one attached hydrogen (secondary N) is 1. The summed E-state index contributed by atoms with van der Waals surface area (Å²) in [6, 6.07) is 8.03. The lowest BCUT2D eigenvalue weighted by Gasteiger charge is -2.06. The number of thiophene rings is 1. The molecular weight excluding hydrogens is 404 g/mol. The second-order valence-corrected chi connectivity index (χ2v) is 7.81. The predicted molar refractivity (Wildman–Crippen MR) is 95.8 cm³/mol. The third-order valence-corrected chi connectivity index (χ3v) is 4.74. The number of alkyl halides is 3. The Morgan fingerprint density at radius 1 is 1.26 bits per heavy atom. The van der Waals surface area contributed by atoms with Crippen LogP contribution in [0.5, 0.6) is 0 Å². The minimum absolute atomic E-state index is 0.0204. The van der Waals surface area contributed by atoms with Gasteiger partial charge >= 0.3 is 6.09 Å². The zero-order valence-corrected chi connectivity index (χ0v) is 15.1. The number of nitrogens with two attached hydrogens (primary N) is 1. The van der Waals surface area contributed by atoms with Crippen LogP contribution in [0.1, 0.15) is 10.4 Å². The lowest BCUT2D eigenvalue weighted by Crippen LogP contribution is -2.17. The molecule has 1 heterocycles. The number of anilines is 1. The predicted octanol–water partition coefficient (Wildman–Crippen LogP) is 5.10. The van der Waals surface area contributed by atoms with Crippen molar-refractivity contribution in [3.8, 4) is 0 Å². The zero-order chi connectivity index (χ0) is 17.0. The Labute approximate surface area is 155 Å². The molecule has 0 saturated heterocycles. The van der Waals surface area contributed by atoms with Crippen molar-refractivity contribution in [1.82, 2.24) is 0 Å². The number of carbonyl (C=O) groups is 1. The van der Waals surface area contributed by atoms with E-state index < -0.39 is 9.89 Å². The third-order valence-electron chi connectivity index (χ3n) is 2.49. The van der Waals surface area contributed by atoms with Gasteiger partial charge in [0.1, 0.15) is 0 Å². The van der Waals surface area contributed by atoms with E-state index in [9.17, 15) is 4.79 Å². The summed E-state index contributed by atoms with van der Waals surface area (Å²) in [4.78, 5) is 16.8. The number of rotatable bonds is 3. The Morgan fingerprint density at radius 3 is 2.48 bits per heavy atom. The van der Waals surface area contributed by atoms with Crippen LogP contribution in [0.3, 0.4) is 0 Å². The Hall–Kier alpha value is -1.18. The lowest BCUT2D eigenvalue weighted by molar-refractivity contribution is 0.166. The molecule has 0 aliphatic rings. The number of amidine groups is 1. The SMILES string of the molecule is N/C(=N/OC(=O)Nc1ccc(Cl)cc1)c1csc(C(Cl)(Cl)Cl)c1. The van der Waals surface area contributed by atoms with Gasteiger partial charge in [-0.15, -0.1) is 11.3 Å². The number of amides is 1. The molecule has 0 aliphatic carbocycles. The number of carbonyl (C=O) groups excluding carboxylic acids is 1. The molecule has 0 fully saturated rings. The normalized spacial score (nSPS) is 12.1. The van der Waals surface area contributed by atoms with E-state index in [0.29, 0.717) is 21.2 Å². The highest BCUT2D eigenvalue weighted by Gasteiger charge is 2.25. The molecule has 1 amide bonds. The van der Waals surface area contributed by atoms with E-state index in [0.717, 1.165) is 0 Å². The highest BCUT2D eigenvalue weighted by atomic mass is 35.6. The van der Waals surface area contributed by atoms with Crippen molar-refractivity contribution < 1.29 is 9.63 Å². The second-order valence-electron chi connectivity index (χ2n) is 4.18. The van der Waals surface area contributed by atoms with Gasteiger partial charge in [-0.05, 0) is 30.3 Å². The van der Waals surface area contributed by atoms with Gasteiger partial charge in [0.25, 0.3) is 0 Å². The highest BCUT2D eigenvalue weighted by molar-refractivity contribution is 7.11. The molecule has 3 N–H and O–H groups in total. The van der Waals surface area contributed by atoms with Crippen molar-refractivity contribution in [3.05, 3.63) is 51.2 Å². The van der Waals surface area contributed by atoms with Crippen LogP contribution in [0, 0.1) is 0 Å². The number of nitrogens with zero attached hydrogens (tertiary/aromatic N) is 1. The fraction of sp³-hybridized carbons (Fsp3) is 0.0769. The van der Waals surface area contributed by atoms with E-state index in [1.165, 1.54) is 11.3 Å². The molecule has 122 valence electrons. The third kappa shape index (κ3) is 5.44. The molecule has 0 atom stereocenters. The molecule has 0 spiro atoms. The maximum absolute atomic E-state index is 11.6. The molecule has 2 aromatic rings. The number of hydrogen-bond donors (Lipinski definition) is 2. The van der Waals surface area contributed by atoms with Gasteiger partial charge in [-0.2, -0.15) is 0 Å². The first-order valence-electron chi connectivity index (χ1n) is 5.99. The number of hydrogen-bond acceptors (Lipinski definition) is 4. The lowest BCUT2D eigenvalue weighted by atomic mass is 10.3. The van der Waals surface area contributed by atoms with E-state index in [1.54, 1.807) is 35.7 Å². The average molecular weight is 413 g/mol. The summed E-state index contributed by atoms with van der Waals surface area (Å²) in [6.07, 6.45) is -0.799. The van der Waals surface area contributed by atoms with Gasteiger partial charge in [0, 0.05) is 21.7 Å². The summed E-state index contributed by atoms with van der Waals surface area (Å²) in [6.45, 7) is 0. The Morgan fingerprint density at radius 2 is 1.91 bits per heavy atom. The van der Waals surface area contributed by atoms with Gasteiger partial charge in [0.2, 0.25) is 3.79 Å². The van der Waals surface area contributed by atoms with Gasteiger partial charge in [0.05, 0.1) is 4.88 Å². The molecule has 2 rings (SSSR count). The van der Waals surface area contributed by atoms with E-state index in [2.05, 4.69) is 15.3 Å². The van der Waals surface area contributed by atoms with Crippen molar-refractivity contribution >= 4 is 75.4 Å². The summed E-state index contributed by atoms with van der Waals surface area (Å²) in [5.41, 5.74) is 6.70. The summed E-state index contributed by atoms with van der Waals surface area (Å²) < 4.78 is -1.55. The molecule has 0 saturated carbocycles. The largest absolute Gasteiger partial charge is 0.437 e. The van der Waals surface area contributed by atoms with Gasteiger partial charge in [0.15, 0.2) is 5.84 Å². The summed E-state index contributed by atoms with van der Waals surface area (Å²) in [5.74, 6) is -0.0204. The van der Waals surface area contributed by atoms with Gasteiger partial charge in [-0.1, -0.05) is 51.6 Å². The van der Waals surface area contributed by atoms with Crippen LogP contribution in [0.25, 0.3) is 0 Å². The molecule has 10 heteroatoms. The van der Waals surface area contributed by atoms with Crippen molar-refractivity contribution in [2.24, 2.45) is 10.9 Å². The quantitative estimate of drug-likeness (QED) is 0.242. The topological polar surface area (TPSA) is 76.7 Å². The molecule has 0 unspecified atom stereocenters. The molecule has 0 aliphatic heterocycles. The van der Waals surface area contributed by atoms with Crippen LogP contribution in [-0.2, 0) is 8.63 Å². The van der Waals surface area contributed by atoms with E-state index in [-0.39, 0.29) is 5.84 Å². The summed E-state index contributed by atoms with van der Waals surface area (Å²) in [7, 11) is 0. The Kier molecular flexibility index (Phi) is 6.00. The van der Waals surface area contributed by atoms with Crippen LogP contribution in [0.15, 0.2) is 40.9 Å². The molecular formula is C13H9Cl4N3O2S. The average Bonchev–Trinajstić information content (AvgIpc) is 2.97. The molecule has 0 radical (unpaired) electrons. The van der Waals surface area contributed by atoms with Crippen LogP contribution >= 0.6 is 57.7 Å². The van der Waals surface area contributed by atoms with Crippen LogP contribution in [0.4, 0.5) is 10.5 Å². The molecule has 23 heavy (non-hydrogen) atoms. The molecule has 0 bridgehead atoms. The van der Waals surface area contributed by atoms with E-state index in [4.69, 9.17) is 52.1 Å². The fourth-order valence-corrected chi connectivity index (χ4v) is 2.90. The van der Waals surface area contributed by atoms with E-state index in [1.807, 2.05) is 0 Å². The smallest absolute Gasteiger partial charge is 0.380 e. The monoisotopic (exact) mass is 411 g/mol. The number of oxime groups is 1. The summed E-state index contributed by atoms with van der Waals surface area (Å²) in [5, 5.41) is 8.18. The van der Waals surface area contributed by atoms with Crippen molar-refractivity contribution in [3.63, 3.8) is 0 Å². The van der Waals surface area contributed by atoms with Gasteiger partial charge in [-0.3, -0.25) is 10.2 Å². The minimum Gasteiger partial charge on any atom is -0.380 e. The standard InChI is InChI=1S/C13H9Cl4N3O2S/c14-8-1-3-9(4-2-8)19-12(21)22-20-11(18)7-5-10(23-6-7)13(15,16)17/h1-6H,(H2,18,20)(H,19,21). The van der Waals surface area contributed by atoms with Crippen molar-refractivity contribution in [2.75, 3.05) is 5.32 Å². The first-order valence-corrected chi connectivity index (χ1v) is 8.38. The fourth-order valence-electron chi connectivity index (χ4n) is 1.44. The van der Waals surface area contributed by atoms with Crippen molar-refractivity contribution in [1.29, 1.82) is 0 Å². The van der Waals surface area contributed by atoms with Crippen molar-refractivity contribution in [2.45, 2.75) is 3.79 Å². The molecule has 5 nitrogen and oxygen atoms in total. The highest BCUT2D eigenvalue weighted by Crippen LogP contribution is 2.41. The van der Waals surface area contributed by atoms with Gasteiger partial charge < -0.3 is 5.73 Å². The summed E-state index contributed by atoms with van der Waals surface area (Å²) >= 11 is 24.2. The maximum Gasteiger partial charge on any atom is 0.437 e. The maximum atomic E-state index is 11.6. The Balaban J connectivity index is 1.97. The molecule has 1 aromatic carbocycles. The van der Waals surface area contributed by atoms with Crippen LogP contribution in [0.2, 0.25) is 5.02 Å². The number of benzene rings is 1. The number of halogens is 4. The van der Waals surface area contributed by atoms with Crippen LogP contribution in [-0.4, -0.2) is 11.9 Å². The first-order chi connectivity index (χ1) is 10.8.